The van der Waals surface area contributed by atoms with E-state index in [0.29, 0.717) is 0 Å². The van der Waals surface area contributed by atoms with E-state index in [1.165, 1.54) is 13.2 Å². The van der Waals surface area contributed by atoms with Crippen LogP contribution in [-0.2, 0) is 6.42 Å². The Morgan fingerprint density at radius 2 is 2.25 bits per heavy atom. The monoisotopic (exact) mass is 294 g/mol. The average molecular weight is 294 g/mol. The van der Waals surface area contributed by atoms with Crippen molar-refractivity contribution in [2.75, 3.05) is 13.7 Å². The number of nitrogens with zero attached hydrogens (tertiary/aromatic N) is 1. The van der Waals surface area contributed by atoms with Gasteiger partial charge in [-0.25, -0.2) is 9.37 Å². The van der Waals surface area contributed by atoms with Crippen LogP contribution in [0.4, 0.5) is 4.39 Å². The fourth-order valence-electron chi connectivity index (χ4n) is 2.16. The van der Waals surface area contributed by atoms with Crippen LogP contribution in [-0.4, -0.2) is 18.6 Å². The Kier molecular flexibility index (Phi) is 5.09. The number of likely N-dealkylation sites (N-methyl/N-ethyl adjacent to an activating group) is 1. The van der Waals surface area contributed by atoms with Crippen molar-refractivity contribution in [2.24, 2.45) is 0 Å². The first kappa shape index (κ1) is 14.9. The van der Waals surface area contributed by atoms with Gasteiger partial charge in [0.05, 0.1) is 17.8 Å². The number of halogens is 1. The van der Waals surface area contributed by atoms with Gasteiger partial charge in [0.25, 0.3) is 0 Å². The standard InChI is InChI=1S/C15H19FN2OS/c1-4-17-14(8-12-9-20-10(2)18-12)11-5-6-13(16)15(7-11)19-3/h5-7,9,14,17H,4,8H2,1-3H3. The van der Waals surface area contributed by atoms with E-state index in [4.69, 9.17) is 4.74 Å². The summed E-state index contributed by atoms with van der Waals surface area (Å²) in [7, 11) is 1.48. The van der Waals surface area contributed by atoms with Gasteiger partial charge >= 0.3 is 0 Å². The van der Waals surface area contributed by atoms with Gasteiger partial charge in [0, 0.05) is 17.8 Å². The predicted molar refractivity (Wildman–Crippen MR) is 79.9 cm³/mol. The Balaban J connectivity index is 2.23. The van der Waals surface area contributed by atoms with Crippen molar-refractivity contribution < 1.29 is 9.13 Å². The van der Waals surface area contributed by atoms with Crippen molar-refractivity contribution in [1.29, 1.82) is 0 Å². The number of ether oxygens (including phenoxy) is 1. The predicted octanol–water partition coefficient (Wildman–Crippen LogP) is 3.49. The van der Waals surface area contributed by atoms with Crippen LogP contribution in [0.5, 0.6) is 5.75 Å². The lowest BCUT2D eigenvalue weighted by Crippen LogP contribution is -2.23. The molecule has 20 heavy (non-hydrogen) atoms. The number of rotatable bonds is 6. The molecule has 0 bridgehead atoms. The highest BCUT2D eigenvalue weighted by Crippen LogP contribution is 2.25. The lowest BCUT2D eigenvalue weighted by molar-refractivity contribution is 0.384. The second-order valence-corrected chi connectivity index (χ2v) is 5.63. The molecule has 0 amide bonds. The maximum atomic E-state index is 13.5. The highest BCUT2D eigenvalue weighted by atomic mass is 32.1. The summed E-state index contributed by atoms with van der Waals surface area (Å²) in [5.74, 6) is -0.0594. The van der Waals surface area contributed by atoms with Gasteiger partial charge in [-0.3, -0.25) is 0 Å². The first-order chi connectivity index (χ1) is 9.63. The summed E-state index contributed by atoms with van der Waals surface area (Å²) in [5, 5.41) is 6.55. The van der Waals surface area contributed by atoms with E-state index in [9.17, 15) is 4.39 Å². The fourth-order valence-corrected chi connectivity index (χ4v) is 2.78. The molecule has 1 atom stereocenters. The minimum Gasteiger partial charge on any atom is -0.494 e. The van der Waals surface area contributed by atoms with Crippen LogP contribution < -0.4 is 10.1 Å². The molecule has 5 heteroatoms. The summed E-state index contributed by atoms with van der Waals surface area (Å²) in [6.45, 7) is 4.89. The van der Waals surface area contributed by atoms with Crippen LogP contribution in [0.25, 0.3) is 0 Å². The maximum Gasteiger partial charge on any atom is 0.165 e. The van der Waals surface area contributed by atoms with Crippen LogP contribution in [0.2, 0.25) is 0 Å². The first-order valence-corrected chi connectivity index (χ1v) is 7.49. The number of thiazole rings is 1. The lowest BCUT2D eigenvalue weighted by atomic mass is 10.0. The molecule has 0 aliphatic carbocycles. The summed E-state index contributed by atoms with van der Waals surface area (Å²) in [6.07, 6.45) is 0.785. The Morgan fingerprint density at radius 3 is 2.85 bits per heavy atom. The quantitative estimate of drug-likeness (QED) is 0.885. The summed E-state index contributed by atoms with van der Waals surface area (Å²) >= 11 is 1.65. The highest BCUT2D eigenvalue weighted by Gasteiger charge is 2.15. The maximum absolute atomic E-state index is 13.5. The van der Waals surface area contributed by atoms with Crippen molar-refractivity contribution >= 4 is 11.3 Å². The smallest absolute Gasteiger partial charge is 0.165 e. The molecule has 1 heterocycles. The molecule has 108 valence electrons. The van der Waals surface area contributed by atoms with E-state index in [1.54, 1.807) is 23.5 Å². The average Bonchev–Trinajstić information content (AvgIpc) is 2.84. The molecule has 1 aromatic carbocycles. The molecular formula is C15H19FN2OS. The molecule has 0 radical (unpaired) electrons. The second kappa shape index (κ2) is 6.81. The van der Waals surface area contributed by atoms with Crippen molar-refractivity contribution in [2.45, 2.75) is 26.3 Å². The van der Waals surface area contributed by atoms with Crippen molar-refractivity contribution in [3.63, 3.8) is 0 Å². The van der Waals surface area contributed by atoms with Gasteiger partial charge in [-0.1, -0.05) is 13.0 Å². The number of benzene rings is 1. The fraction of sp³-hybridized carbons (Fsp3) is 0.400. The number of methoxy groups -OCH3 is 1. The largest absolute Gasteiger partial charge is 0.494 e. The van der Waals surface area contributed by atoms with Crippen molar-refractivity contribution in [3.8, 4) is 5.75 Å². The summed E-state index contributed by atoms with van der Waals surface area (Å²) in [4.78, 5) is 4.49. The third-order valence-corrected chi connectivity index (χ3v) is 3.93. The zero-order valence-corrected chi connectivity index (χ0v) is 12.8. The molecule has 1 aromatic heterocycles. The molecule has 3 nitrogen and oxygen atoms in total. The Labute approximate surface area is 122 Å². The van der Waals surface area contributed by atoms with Crippen molar-refractivity contribution in [1.82, 2.24) is 10.3 Å². The molecule has 0 saturated carbocycles. The minimum atomic E-state index is -0.337. The summed E-state index contributed by atoms with van der Waals surface area (Å²) in [6, 6.07) is 5.10. The molecule has 0 spiro atoms. The number of hydrogen-bond acceptors (Lipinski definition) is 4. The Bertz CT molecular complexity index is 571. The zero-order valence-electron chi connectivity index (χ0n) is 11.9. The van der Waals surface area contributed by atoms with E-state index in [0.717, 1.165) is 29.2 Å². The summed E-state index contributed by atoms with van der Waals surface area (Å²) in [5.41, 5.74) is 2.07. The third-order valence-electron chi connectivity index (χ3n) is 3.11. The van der Waals surface area contributed by atoms with Gasteiger partial charge in [0.15, 0.2) is 11.6 Å². The van der Waals surface area contributed by atoms with E-state index < -0.39 is 0 Å². The van der Waals surface area contributed by atoms with Gasteiger partial charge in [-0.2, -0.15) is 0 Å². The highest BCUT2D eigenvalue weighted by molar-refractivity contribution is 7.09. The molecular weight excluding hydrogens is 275 g/mol. The molecule has 0 aliphatic rings. The van der Waals surface area contributed by atoms with Gasteiger partial charge in [-0.05, 0) is 31.2 Å². The van der Waals surface area contributed by atoms with E-state index >= 15 is 0 Å². The molecule has 2 rings (SSSR count). The van der Waals surface area contributed by atoms with Crippen LogP contribution in [0.3, 0.4) is 0 Å². The normalized spacial score (nSPS) is 12.4. The zero-order chi connectivity index (χ0) is 14.5. The molecule has 2 aromatic rings. The van der Waals surface area contributed by atoms with Gasteiger partial charge in [0.1, 0.15) is 0 Å². The molecule has 1 N–H and O–H groups in total. The number of nitrogens with one attached hydrogen (secondary N) is 1. The summed E-state index contributed by atoms with van der Waals surface area (Å²) < 4.78 is 18.5. The SMILES string of the molecule is CCNC(Cc1csc(C)n1)c1ccc(F)c(OC)c1. The van der Waals surface area contributed by atoms with Crippen LogP contribution in [0.1, 0.15) is 29.2 Å². The topological polar surface area (TPSA) is 34.2 Å². The number of hydrogen-bond donors (Lipinski definition) is 1. The van der Waals surface area contributed by atoms with E-state index in [-0.39, 0.29) is 17.6 Å². The lowest BCUT2D eigenvalue weighted by Gasteiger charge is -2.18. The van der Waals surface area contributed by atoms with Gasteiger partial charge in [0.2, 0.25) is 0 Å². The molecule has 0 aliphatic heterocycles. The molecule has 0 saturated heterocycles. The van der Waals surface area contributed by atoms with E-state index in [1.807, 2.05) is 6.92 Å². The Morgan fingerprint density at radius 1 is 1.45 bits per heavy atom. The third kappa shape index (κ3) is 3.55. The molecule has 0 fully saturated rings. The van der Waals surface area contributed by atoms with Gasteiger partial charge < -0.3 is 10.1 Å². The van der Waals surface area contributed by atoms with Crippen LogP contribution in [0, 0.1) is 12.7 Å². The van der Waals surface area contributed by atoms with Crippen LogP contribution >= 0.6 is 11.3 Å². The van der Waals surface area contributed by atoms with Crippen LogP contribution in [0.15, 0.2) is 23.6 Å². The minimum absolute atomic E-state index is 0.107. The number of aromatic nitrogens is 1. The Hall–Kier alpha value is -1.46. The first-order valence-electron chi connectivity index (χ1n) is 6.61. The van der Waals surface area contributed by atoms with Gasteiger partial charge in [-0.15, -0.1) is 11.3 Å². The number of aryl methyl sites for hydroxylation is 1. The molecule has 1 unspecified atom stereocenters. The van der Waals surface area contributed by atoms with Crippen molar-refractivity contribution in [3.05, 3.63) is 45.7 Å². The van der Waals surface area contributed by atoms with E-state index in [2.05, 4.69) is 22.6 Å². The second-order valence-electron chi connectivity index (χ2n) is 4.57.